The summed E-state index contributed by atoms with van der Waals surface area (Å²) in [6.07, 6.45) is 3.43. The lowest BCUT2D eigenvalue weighted by Crippen LogP contribution is -1.96. The van der Waals surface area contributed by atoms with Crippen LogP contribution in [0.15, 0.2) is 48.0 Å². The molecule has 0 N–H and O–H groups in total. The van der Waals surface area contributed by atoms with Gasteiger partial charge in [-0.1, -0.05) is 23.8 Å². The normalized spacial score (nSPS) is 10.1. The predicted molar refractivity (Wildman–Crippen MR) is 67.3 cm³/mol. The van der Waals surface area contributed by atoms with E-state index in [0.717, 1.165) is 24.0 Å². The molecule has 2 rings (SSSR count). The van der Waals surface area contributed by atoms with Crippen LogP contribution in [0.25, 0.3) is 21.5 Å². The Morgan fingerprint density at radius 3 is 3.12 bits per heavy atom. The van der Waals surface area contributed by atoms with Crippen LogP contribution in [0.5, 0.6) is 0 Å². The summed E-state index contributed by atoms with van der Waals surface area (Å²) in [4.78, 5) is 7.02. The van der Waals surface area contributed by atoms with Crippen LogP contribution in [-0.4, -0.2) is 9.55 Å². The first-order chi connectivity index (χ1) is 8.31. The van der Waals surface area contributed by atoms with E-state index < -0.39 is 0 Å². The van der Waals surface area contributed by atoms with Crippen LogP contribution < -0.4 is 0 Å². The third-order valence-electron chi connectivity index (χ3n) is 2.58. The van der Waals surface area contributed by atoms with Crippen molar-refractivity contribution >= 4 is 11.0 Å². The van der Waals surface area contributed by atoms with Crippen LogP contribution in [0.4, 0.5) is 0 Å². The van der Waals surface area contributed by atoms with Crippen molar-refractivity contribution in [3.05, 3.63) is 53.3 Å². The molecule has 86 valence electrons. The van der Waals surface area contributed by atoms with Crippen molar-refractivity contribution < 1.29 is 0 Å². The number of allylic oxidation sites excluding steroid dienone is 1. The number of fused-ring (bicyclic) bond motifs is 1. The maximum atomic E-state index is 8.24. The van der Waals surface area contributed by atoms with E-state index >= 15 is 0 Å². The van der Waals surface area contributed by atoms with Gasteiger partial charge >= 0.3 is 0 Å². The Bertz CT molecular complexity index is 577. The molecule has 1 aromatic heterocycles. The van der Waals surface area contributed by atoms with Crippen molar-refractivity contribution in [1.29, 1.82) is 0 Å². The van der Waals surface area contributed by atoms with Gasteiger partial charge in [-0.15, -0.1) is 0 Å². The lowest BCUT2D eigenvalue weighted by atomic mass is 10.2. The minimum Gasteiger partial charge on any atom is -0.331 e. The molecule has 2 aromatic rings. The highest BCUT2D eigenvalue weighted by molar-refractivity contribution is 5.74. The average Bonchev–Trinajstić information content (AvgIpc) is 2.73. The molecule has 0 bridgehead atoms. The molecule has 0 radical (unpaired) electrons. The van der Waals surface area contributed by atoms with Crippen molar-refractivity contribution in [2.45, 2.75) is 19.4 Å². The molecule has 0 saturated carbocycles. The Balaban J connectivity index is 2.00. The molecule has 0 aliphatic carbocycles. The maximum absolute atomic E-state index is 8.24. The van der Waals surface area contributed by atoms with Gasteiger partial charge in [-0.3, -0.25) is 0 Å². The first-order valence-corrected chi connectivity index (χ1v) is 5.44. The number of aryl methyl sites for hydroxylation is 1. The molecular formula is C12H13N5. The molecule has 0 spiro atoms. The van der Waals surface area contributed by atoms with Crippen LogP contribution in [0, 0.1) is 0 Å². The lowest BCUT2D eigenvalue weighted by molar-refractivity contribution is 0.652. The molecule has 1 heterocycles. The fraction of sp³-hybridized carbons (Fsp3) is 0.250. The third-order valence-corrected chi connectivity index (χ3v) is 2.58. The highest BCUT2D eigenvalue weighted by Gasteiger charge is 2.00. The summed E-state index contributed by atoms with van der Waals surface area (Å²) in [6.45, 7) is 4.53. The largest absolute Gasteiger partial charge is 0.331 e. The molecule has 0 saturated heterocycles. The average molecular weight is 227 g/mol. The van der Waals surface area contributed by atoms with E-state index in [-0.39, 0.29) is 0 Å². The summed E-state index contributed by atoms with van der Waals surface area (Å²) >= 11 is 0. The highest BCUT2D eigenvalue weighted by Crippen LogP contribution is 2.13. The van der Waals surface area contributed by atoms with E-state index in [9.17, 15) is 0 Å². The minimum atomic E-state index is 0.580. The predicted octanol–water partition coefficient (Wildman–Crippen LogP) is 3.64. The molecule has 0 aliphatic rings. The number of hydrogen-bond donors (Lipinski definition) is 0. The summed E-state index contributed by atoms with van der Waals surface area (Å²) < 4.78 is 2.10. The van der Waals surface area contributed by atoms with Crippen LogP contribution >= 0.6 is 0 Å². The summed E-state index contributed by atoms with van der Waals surface area (Å²) in [5.41, 5.74) is 11.0. The number of nitrogens with zero attached hydrogens (tertiary/aromatic N) is 5. The first-order valence-electron chi connectivity index (χ1n) is 5.44. The fourth-order valence-corrected chi connectivity index (χ4v) is 1.76. The van der Waals surface area contributed by atoms with Gasteiger partial charge in [-0.05, 0) is 30.5 Å². The Kier molecular flexibility index (Phi) is 3.43. The number of para-hydroxylation sites is 2. The molecule has 0 atom stereocenters. The van der Waals surface area contributed by atoms with Crippen LogP contribution in [0.2, 0.25) is 0 Å². The smallest absolute Gasteiger partial charge is 0.0958 e. The lowest BCUT2D eigenvalue weighted by Gasteiger charge is -2.03. The molecular weight excluding hydrogens is 214 g/mol. The number of hydrogen-bond acceptors (Lipinski definition) is 2. The quantitative estimate of drug-likeness (QED) is 0.437. The summed E-state index contributed by atoms with van der Waals surface area (Å²) in [6, 6.07) is 8.01. The minimum absolute atomic E-state index is 0.580. The van der Waals surface area contributed by atoms with Gasteiger partial charge in [0, 0.05) is 17.2 Å². The van der Waals surface area contributed by atoms with Gasteiger partial charge in [0.05, 0.1) is 17.4 Å². The first kappa shape index (κ1) is 11.2. The highest BCUT2D eigenvalue weighted by atomic mass is 15.1. The second kappa shape index (κ2) is 5.18. The molecule has 0 fully saturated rings. The third kappa shape index (κ3) is 2.65. The van der Waals surface area contributed by atoms with Gasteiger partial charge in [-0.25, -0.2) is 4.98 Å². The van der Waals surface area contributed by atoms with Gasteiger partial charge in [0.15, 0.2) is 0 Å². The van der Waals surface area contributed by atoms with E-state index in [1.807, 2.05) is 30.6 Å². The Morgan fingerprint density at radius 2 is 2.29 bits per heavy atom. The van der Waals surface area contributed by atoms with Crippen LogP contribution in [-0.2, 0) is 6.54 Å². The summed E-state index contributed by atoms with van der Waals surface area (Å²) in [5.74, 6) is 0. The second-order valence-corrected chi connectivity index (χ2v) is 3.79. The van der Waals surface area contributed by atoms with Gasteiger partial charge in [-0.2, -0.15) is 0 Å². The summed E-state index contributed by atoms with van der Waals surface area (Å²) in [5, 5.41) is 3.47. The molecule has 0 unspecified atom stereocenters. The Morgan fingerprint density at radius 1 is 1.47 bits per heavy atom. The zero-order valence-corrected chi connectivity index (χ0v) is 9.45. The zero-order chi connectivity index (χ0) is 12.1. The van der Waals surface area contributed by atoms with Crippen molar-refractivity contribution in [1.82, 2.24) is 9.55 Å². The maximum Gasteiger partial charge on any atom is 0.0958 e. The molecule has 1 aromatic carbocycles. The van der Waals surface area contributed by atoms with E-state index in [0.29, 0.717) is 12.1 Å². The van der Waals surface area contributed by atoms with Crippen molar-refractivity contribution in [2.75, 3.05) is 0 Å². The zero-order valence-electron chi connectivity index (χ0n) is 9.45. The number of azide groups is 1. The number of aromatic nitrogens is 2. The molecule has 5 nitrogen and oxygen atoms in total. The monoisotopic (exact) mass is 227 g/mol. The summed E-state index contributed by atoms with van der Waals surface area (Å²) in [7, 11) is 0. The van der Waals surface area contributed by atoms with E-state index in [1.165, 1.54) is 0 Å². The van der Waals surface area contributed by atoms with Gasteiger partial charge in [0.2, 0.25) is 0 Å². The van der Waals surface area contributed by atoms with Gasteiger partial charge in [0.25, 0.3) is 0 Å². The van der Waals surface area contributed by atoms with Gasteiger partial charge < -0.3 is 4.57 Å². The molecule has 0 amide bonds. The molecule has 0 aliphatic heterocycles. The molecule has 17 heavy (non-hydrogen) atoms. The van der Waals surface area contributed by atoms with Crippen molar-refractivity contribution in [3.63, 3.8) is 0 Å². The van der Waals surface area contributed by atoms with Crippen molar-refractivity contribution in [2.24, 2.45) is 5.11 Å². The fourth-order valence-electron chi connectivity index (χ4n) is 1.76. The van der Waals surface area contributed by atoms with E-state index in [2.05, 4.69) is 26.2 Å². The number of imidazole rings is 1. The van der Waals surface area contributed by atoms with Crippen LogP contribution in [0.3, 0.4) is 0 Å². The standard InChI is InChI=1S/C12H13N5/c1-10(15-16-13)5-4-8-17-9-14-11-6-2-3-7-12(11)17/h2-3,6-7,9H,1,4-5,8H2. The second-order valence-electron chi connectivity index (χ2n) is 3.79. The van der Waals surface area contributed by atoms with E-state index in [4.69, 9.17) is 5.53 Å². The van der Waals surface area contributed by atoms with Crippen molar-refractivity contribution in [3.8, 4) is 0 Å². The Labute approximate surface area is 99.0 Å². The Hall–Kier alpha value is -2.26. The van der Waals surface area contributed by atoms with E-state index in [1.54, 1.807) is 0 Å². The number of benzene rings is 1. The molecule has 5 heteroatoms. The van der Waals surface area contributed by atoms with Gasteiger partial charge in [0.1, 0.15) is 0 Å². The SMILES string of the molecule is C=C(CCCn1cnc2ccccc21)N=[N+]=[N-]. The van der Waals surface area contributed by atoms with Crippen LogP contribution in [0.1, 0.15) is 12.8 Å². The topological polar surface area (TPSA) is 66.6 Å². The number of rotatable bonds is 5.